The summed E-state index contributed by atoms with van der Waals surface area (Å²) in [4.78, 5) is 23.0. The molecule has 0 bridgehead atoms. The Kier molecular flexibility index (Phi) is 4.18. The van der Waals surface area contributed by atoms with E-state index in [1.165, 1.54) is 12.1 Å². The van der Waals surface area contributed by atoms with Crippen molar-refractivity contribution in [2.24, 2.45) is 5.73 Å². The maximum absolute atomic E-state index is 13.3. The molecule has 108 valence electrons. The average Bonchev–Trinajstić information content (AvgIpc) is 2.48. The lowest BCUT2D eigenvalue weighted by Crippen LogP contribution is -2.23. The highest BCUT2D eigenvalue weighted by Gasteiger charge is 2.08. The van der Waals surface area contributed by atoms with E-state index in [1.54, 1.807) is 24.3 Å². The minimum atomic E-state index is -0.640. The molecule has 2 aromatic rings. The van der Waals surface area contributed by atoms with Gasteiger partial charge in [-0.2, -0.15) is 0 Å². The minimum absolute atomic E-state index is 0.0132. The number of halogens is 1. The minimum Gasteiger partial charge on any atom is -0.396 e. The summed E-state index contributed by atoms with van der Waals surface area (Å²) in [7, 11) is 0. The number of carbonyl (C=O) groups excluding carboxylic acids is 2. The first kappa shape index (κ1) is 14.5. The normalized spacial score (nSPS) is 10.1. The number of hydrogen-bond donors (Lipinski definition) is 3. The largest absolute Gasteiger partial charge is 0.396 e. The molecule has 0 saturated heterocycles. The van der Waals surface area contributed by atoms with Gasteiger partial charge in [0.1, 0.15) is 5.82 Å². The molecule has 2 amide bonds. The fourth-order valence-electron chi connectivity index (χ4n) is 1.79. The van der Waals surface area contributed by atoms with Crippen LogP contribution in [0.15, 0.2) is 42.5 Å². The van der Waals surface area contributed by atoms with Crippen LogP contribution in [0.1, 0.15) is 26.3 Å². The lowest BCUT2D eigenvalue weighted by molar-refractivity contribution is 0.0950. The molecule has 0 unspecified atom stereocenters. The molecule has 0 fully saturated rings. The number of primary amides is 1. The van der Waals surface area contributed by atoms with Gasteiger partial charge in [-0.05, 0) is 35.9 Å². The van der Waals surface area contributed by atoms with Crippen molar-refractivity contribution in [2.45, 2.75) is 6.54 Å². The Morgan fingerprint density at radius 1 is 1.10 bits per heavy atom. The number of nitrogen functional groups attached to an aromatic ring is 1. The number of carbonyl (C=O) groups is 2. The molecule has 0 aliphatic rings. The molecule has 2 rings (SSSR count). The number of anilines is 1. The van der Waals surface area contributed by atoms with E-state index in [0.717, 1.165) is 11.6 Å². The van der Waals surface area contributed by atoms with Crippen molar-refractivity contribution in [3.05, 3.63) is 65.0 Å². The van der Waals surface area contributed by atoms with Crippen molar-refractivity contribution in [1.82, 2.24) is 5.32 Å². The van der Waals surface area contributed by atoms with Crippen molar-refractivity contribution in [3.63, 3.8) is 0 Å². The Hall–Kier alpha value is -2.89. The van der Waals surface area contributed by atoms with E-state index in [0.29, 0.717) is 5.56 Å². The Balaban J connectivity index is 2.05. The third-order valence-corrected chi connectivity index (χ3v) is 2.93. The highest BCUT2D eigenvalue weighted by molar-refractivity contribution is 5.95. The van der Waals surface area contributed by atoms with Gasteiger partial charge in [-0.15, -0.1) is 0 Å². The first-order valence-electron chi connectivity index (χ1n) is 6.19. The molecule has 21 heavy (non-hydrogen) atoms. The van der Waals surface area contributed by atoms with Crippen LogP contribution in [0.5, 0.6) is 0 Å². The molecule has 0 radical (unpaired) electrons. The predicted octanol–water partition coefficient (Wildman–Crippen LogP) is 1.44. The predicted molar refractivity (Wildman–Crippen MR) is 76.9 cm³/mol. The summed E-state index contributed by atoms with van der Waals surface area (Å²) < 4.78 is 13.3. The van der Waals surface area contributed by atoms with E-state index in [9.17, 15) is 14.0 Å². The van der Waals surface area contributed by atoms with Gasteiger partial charge in [0.15, 0.2) is 0 Å². The van der Waals surface area contributed by atoms with Crippen molar-refractivity contribution in [2.75, 3.05) is 5.73 Å². The zero-order valence-corrected chi connectivity index (χ0v) is 11.1. The number of nitrogens with one attached hydrogen (secondary N) is 1. The van der Waals surface area contributed by atoms with Gasteiger partial charge in [-0.1, -0.05) is 12.1 Å². The lowest BCUT2D eigenvalue weighted by atomic mass is 10.1. The molecule has 0 aromatic heterocycles. The summed E-state index contributed by atoms with van der Waals surface area (Å²) in [6.07, 6.45) is 0. The number of hydrogen-bond acceptors (Lipinski definition) is 3. The maximum Gasteiger partial charge on any atom is 0.251 e. The quantitative estimate of drug-likeness (QED) is 0.742. The third-order valence-electron chi connectivity index (χ3n) is 2.93. The number of rotatable bonds is 4. The van der Waals surface area contributed by atoms with Gasteiger partial charge >= 0.3 is 0 Å². The molecule has 6 heteroatoms. The van der Waals surface area contributed by atoms with E-state index in [1.807, 2.05) is 0 Å². The standard InChI is InChI=1S/C15H14FN3O2/c16-12-7-11(4-5-13(12)17)15(21)19-8-9-2-1-3-10(6-9)14(18)20/h1-7H,8,17H2,(H2,18,20)(H,19,21). The van der Waals surface area contributed by atoms with Crippen molar-refractivity contribution < 1.29 is 14.0 Å². The molecule has 5 N–H and O–H groups in total. The summed E-state index contributed by atoms with van der Waals surface area (Å²) in [5, 5.41) is 2.63. The Bertz CT molecular complexity index is 701. The van der Waals surface area contributed by atoms with Crippen molar-refractivity contribution in [1.29, 1.82) is 0 Å². The van der Waals surface area contributed by atoms with Crippen LogP contribution in [0.3, 0.4) is 0 Å². The molecular formula is C15H14FN3O2. The van der Waals surface area contributed by atoms with Crippen LogP contribution in [-0.4, -0.2) is 11.8 Å². The second kappa shape index (κ2) is 6.04. The second-order valence-corrected chi connectivity index (χ2v) is 4.48. The number of nitrogens with two attached hydrogens (primary N) is 2. The first-order chi connectivity index (χ1) is 9.97. The molecule has 0 heterocycles. The van der Waals surface area contributed by atoms with Crippen LogP contribution < -0.4 is 16.8 Å². The lowest BCUT2D eigenvalue weighted by Gasteiger charge is -2.07. The molecule has 0 saturated carbocycles. The van der Waals surface area contributed by atoms with Gasteiger partial charge < -0.3 is 16.8 Å². The SMILES string of the molecule is NC(=O)c1cccc(CNC(=O)c2ccc(N)c(F)c2)c1. The topological polar surface area (TPSA) is 98.2 Å². The Morgan fingerprint density at radius 2 is 1.86 bits per heavy atom. The van der Waals surface area contributed by atoms with Crippen molar-refractivity contribution in [3.8, 4) is 0 Å². The van der Waals surface area contributed by atoms with Gasteiger partial charge in [-0.25, -0.2) is 4.39 Å². The smallest absolute Gasteiger partial charge is 0.251 e. The zero-order chi connectivity index (χ0) is 15.4. The summed E-state index contributed by atoms with van der Waals surface area (Å²) in [6, 6.07) is 10.4. The van der Waals surface area contributed by atoms with E-state index in [2.05, 4.69) is 5.32 Å². The van der Waals surface area contributed by atoms with E-state index in [4.69, 9.17) is 11.5 Å². The molecular weight excluding hydrogens is 273 g/mol. The van der Waals surface area contributed by atoms with E-state index >= 15 is 0 Å². The van der Waals surface area contributed by atoms with Crippen LogP contribution in [0.4, 0.5) is 10.1 Å². The Labute approximate surface area is 120 Å². The zero-order valence-electron chi connectivity index (χ0n) is 11.1. The third kappa shape index (κ3) is 3.56. The van der Waals surface area contributed by atoms with Gasteiger partial charge in [0.2, 0.25) is 5.91 Å². The average molecular weight is 287 g/mol. The fraction of sp³-hybridized carbons (Fsp3) is 0.0667. The van der Waals surface area contributed by atoms with Crippen LogP contribution in [-0.2, 0) is 6.54 Å². The first-order valence-corrected chi connectivity index (χ1v) is 6.19. The molecule has 0 aliphatic heterocycles. The number of benzene rings is 2. The molecule has 0 aliphatic carbocycles. The van der Waals surface area contributed by atoms with Crippen LogP contribution in [0, 0.1) is 5.82 Å². The van der Waals surface area contributed by atoms with Gasteiger partial charge in [0.05, 0.1) is 5.69 Å². The highest BCUT2D eigenvalue weighted by atomic mass is 19.1. The molecule has 5 nitrogen and oxygen atoms in total. The summed E-state index contributed by atoms with van der Waals surface area (Å²) in [5.41, 5.74) is 11.8. The molecule has 2 aromatic carbocycles. The van der Waals surface area contributed by atoms with Crippen molar-refractivity contribution >= 4 is 17.5 Å². The molecule has 0 spiro atoms. The maximum atomic E-state index is 13.3. The van der Waals surface area contributed by atoms with E-state index in [-0.39, 0.29) is 17.8 Å². The number of amides is 2. The van der Waals surface area contributed by atoms with Gasteiger partial charge in [0, 0.05) is 17.7 Å². The van der Waals surface area contributed by atoms with Crippen LogP contribution in [0.25, 0.3) is 0 Å². The highest BCUT2D eigenvalue weighted by Crippen LogP contribution is 2.12. The van der Waals surface area contributed by atoms with Crippen LogP contribution >= 0.6 is 0 Å². The monoisotopic (exact) mass is 287 g/mol. The summed E-state index contributed by atoms with van der Waals surface area (Å²) >= 11 is 0. The summed E-state index contributed by atoms with van der Waals surface area (Å²) in [5.74, 6) is -1.61. The summed E-state index contributed by atoms with van der Waals surface area (Å²) in [6.45, 7) is 0.200. The van der Waals surface area contributed by atoms with Crippen LogP contribution in [0.2, 0.25) is 0 Å². The fourth-order valence-corrected chi connectivity index (χ4v) is 1.79. The van der Waals surface area contributed by atoms with Gasteiger partial charge in [-0.3, -0.25) is 9.59 Å². The van der Waals surface area contributed by atoms with Gasteiger partial charge in [0.25, 0.3) is 5.91 Å². The second-order valence-electron chi connectivity index (χ2n) is 4.48. The molecule has 0 atom stereocenters. The Morgan fingerprint density at radius 3 is 2.52 bits per heavy atom. The van der Waals surface area contributed by atoms with E-state index < -0.39 is 17.6 Å².